The summed E-state index contributed by atoms with van der Waals surface area (Å²) in [4.78, 5) is 13.4. The van der Waals surface area contributed by atoms with Crippen molar-refractivity contribution in [3.8, 4) is 0 Å². The number of nitrogens with zero attached hydrogens (tertiary/aromatic N) is 1. The predicted octanol–water partition coefficient (Wildman–Crippen LogP) is 3.05. The van der Waals surface area contributed by atoms with E-state index in [9.17, 15) is 4.79 Å². The number of carbonyl (C=O) groups excluding carboxylic acids is 1. The quantitative estimate of drug-likeness (QED) is 0.779. The van der Waals surface area contributed by atoms with Gasteiger partial charge < -0.3 is 9.64 Å². The van der Waals surface area contributed by atoms with Gasteiger partial charge in [-0.3, -0.25) is 4.79 Å². The molecule has 1 aromatic carbocycles. The Morgan fingerprint density at radius 2 is 2.21 bits per heavy atom. The van der Waals surface area contributed by atoms with Gasteiger partial charge in [0.2, 0.25) is 5.91 Å². The summed E-state index contributed by atoms with van der Waals surface area (Å²) in [6, 6.07) is 6.06. The molecule has 3 unspecified atom stereocenters. The third kappa shape index (κ3) is 2.26. The fourth-order valence-electron chi connectivity index (χ4n) is 2.93. The van der Waals surface area contributed by atoms with Crippen molar-refractivity contribution in [2.75, 3.05) is 11.9 Å². The smallest absolute Gasteiger partial charge is 0.231 e. The minimum Gasteiger partial charge on any atom is -0.373 e. The monoisotopic (exact) mass is 279 g/mol. The molecule has 3 rings (SSSR count). The Morgan fingerprint density at radius 3 is 2.89 bits per heavy atom. The van der Waals surface area contributed by atoms with Gasteiger partial charge in [0.05, 0.1) is 24.0 Å². The summed E-state index contributed by atoms with van der Waals surface area (Å²) in [5, 5.41) is -0.128. The molecule has 0 N–H and O–H groups in total. The van der Waals surface area contributed by atoms with Crippen LogP contribution in [0.1, 0.15) is 36.3 Å². The lowest BCUT2D eigenvalue weighted by Crippen LogP contribution is -2.20. The van der Waals surface area contributed by atoms with Crippen LogP contribution in [0.3, 0.4) is 0 Å². The molecule has 0 aromatic heterocycles. The minimum absolute atomic E-state index is 0.0875. The van der Waals surface area contributed by atoms with Gasteiger partial charge in [-0.25, -0.2) is 0 Å². The van der Waals surface area contributed by atoms with E-state index < -0.39 is 0 Å². The molecule has 0 aliphatic carbocycles. The van der Waals surface area contributed by atoms with Crippen molar-refractivity contribution in [1.82, 2.24) is 0 Å². The normalized spacial score (nSPS) is 27.7. The summed E-state index contributed by atoms with van der Waals surface area (Å²) in [6.45, 7) is 2.08. The number of likely N-dealkylation sites (N-methyl/N-ethyl adjacent to an activating group) is 1. The van der Waals surface area contributed by atoms with E-state index >= 15 is 0 Å². The lowest BCUT2D eigenvalue weighted by molar-refractivity contribution is -0.117. The molecule has 1 saturated heterocycles. The van der Waals surface area contributed by atoms with Crippen molar-refractivity contribution in [1.29, 1.82) is 0 Å². The van der Waals surface area contributed by atoms with Gasteiger partial charge >= 0.3 is 0 Å². The molecule has 2 aliphatic heterocycles. The van der Waals surface area contributed by atoms with Gasteiger partial charge in [-0.15, -0.1) is 11.6 Å². The second-order valence-electron chi connectivity index (χ2n) is 5.48. The molecule has 0 saturated carbocycles. The summed E-state index contributed by atoms with van der Waals surface area (Å²) in [5.74, 6) is 0.143. The molecule has 3 nitrogen and oxygen atoms in total. The molecule has 2 heterocycles. The largest absolute Gasteiger partial charge is 0.373 e. The van der Waals surface area contributed by atoms with Crippen LogP contribution in [0.15, 0.2) is 18.2 Å². The highest BCUT2D eigenvalue weighted by molar-refractivity contribution is 6.21. The van der Waals surface area contributed by atoms with Crippen molar-refractivity contribution in [2.45, 2.75) is 43.8 Å². The van der Waals surface area contributed by atoms with Crippen LogP contribution >= 0.6 is 11.6 Å². The first-order chi connectivity index (χ1) is 9.06. The van der Waals surface area contributed by atoms with Crippen molar-refractivity contribution >= 4 is 23.2 Å². The number of ether oxygens (including phenoxy) is 1. The van der Waals surface area contributed by atoms with Crippen molar-refractivity contribution < 1.29 is 9.53 Å². The van der Waals surface area contributed by atoms with E-state index in [1.807, 2.05) is 19.2 Å². The standard InChI is InChI=1S/C15H18ClNO2/c1-9-3-6-13(19-9)15(16)10-4-5-12-11(7-10)8-14(18)17(12)2/h4-5,7,9,13,15H,3,6,8H2,1-2H3. The van der Waals surface area contributed by atoms with E-state index in [4.69, 9.17) is 16.3 Å². The molecule has 102 valence electrons. The summed E-state index contributed by atoms with van der Waals surface area (Å²) >= 11 is 6.53. The molecule has 0 radical (unpaired) electrons. The third-order valence-electron chi connectivity index (χ3n) is 4.09. The van der Waals surface area contributed by atoms with Gasteiger partial charge in [-0.05, 0) is 37.0 Å². The maximum absolute atomic E-state index is 11.7. The predicted molar refractivity (Wildman–Crippen MR) is 75.7 cm³/mol. The average Bonchev–Trinajstić information content (AvgIpc) is 2.94. The summed E-state index contributed by atoms with van der Waals surface area (Å²) in [5.41, 5.74) is 3.13. The Balaban J connectivity index is 1.83. The molecule has 4 heteroatoms. The van der Waals surface area contributed by atoms with Crippen LogP contribution in [-0.4, -0.2) is 25.2 Å². The van der Waals surface area contributed by atoms with Gasteiger partial charge in [0, 0.05) is 12.7 Å². The fourth-order valence-corrected chi connectivity index (χ4v) is 3.25. The van der Waals surface area contributed by atoms with Crippen LogP contribution in [0.4, 0.5) is 5.69 Å². The zero-order valence-electron chi connectivity index (χ0n) is 11.2. The Labute approximate surface area is 118 Å². The summed E-state index contributed by atoms with van der Waals surface area (Å²) < 4.78 is 5.83. The van der Waals surface area contributed by atoms with Crippen LogP contribution in [0.2, 0.25) is 0 Å². The minimum atomic E-state index is -0.128. The molecule has 3 atom stereocenters. The molecule has 1 amide bonds. The Bertz CT molecular complexity index is 517. The summed E-state index contributed by atoms with van der Waals surface area (Å²) in [6.07, 6.45) is 2.94. The third-order valence-corrected chi connectivity index (χ3v) is 4.62. The lowest BCUT2D eigenvalue weighted by atomic mass is 10.0. The number of rotatable bonds is 2. The van der Waals surface area contributed by atoms with Crippen LogP contribution in [0.25, 0.3) is 0 Å². The molecule has 1 fully saturated rings. The van der Waals surface area contributed by atoms with Gasteiger partial charge in [0.15, 0.2) is 0 Å². The highest BCUT2D eigenvalue weighted by Gasteiger charge is 2.31. The van der Waals surface area contributed by atoms with Crippen LogP contribution in [-0.2, 0) is 16.0 Å². The first-order valence-corrected chi connectivity index (χ1v) is 7.19. The molecule has 0 bridgehead atoms. The van der Waals surface area contributed by atoms with Gasteiger partial charge in [-0.1, -0.05) is 12.1 Å². The number of amides is 1. The maximum Gasteiger partial charge on any atom is 0.231 e. The number of benzene rings is 1. The van der Waals surface area contributed by atoms with E-state index in [1.54, 1.807) is 4.90 Å². The van der Waals surface area contributed by atoms with Gasteiger partial charge in [0.1, 0.15) is 0 Å². The number of hydrogen-bond donors (Lipinski definition) is 0. The first-order valence-electron chi connectivity index (χ1n) is 6.75. The topological polar surface area (TPSA) is 29.5 Å². The van der Waals surface area contributed by atoms with Crippen molar-refractivity contribution in [3.05, 3.63) is 29.3 Å². The van der Waals surface area contributed by atoms with Crippen LogP contribution < -0.4 is 4.90 Å². The zero-order chi connectivity index (χ0) is 13.6. The lowest BCUT2D eigenvalue weighted by Gasteiger charge is -2.19. The van der Waals surface area contributed by atoms with Crippen molar-refractivity contribution in [2.24, 2.45) is 0 Å². The van der Waals surface area contributed by atoms with Gasteiger partial charge in [0.25, 0.3) is 0 Å². The van der Waals surface area contributed by atoms with Crippen LogP contribution in [0, 0.1) is 0 Å². The number of halogens is 1. The van der Waals surface area contributed by atoms with Crippen LogP contribution in [0.5, 0.6) is 0 Å². The van der Waals surface area contributed by atoms with E-state index in [-0.39, 0.29) is 17.4 Å². The van der Waals surface area contributed by atoms with Crippen molar-refractivity contribution in [3.63, 3.8) is 0 Å². The van der Waals surface area contributed by atoms with E-state index in [0.29, 0.717) is 12.5 Å². The molecule has 19 heavy (non-hydrogen) atoms. The molecular weight excluding hydrogens is 262 g/mol. The molecule has 0 spiro atoms. The number of alkyl halides is 1. The van der Waals surface area contributed by atoms with E-state index in [0.717, 1.165) is 29.7 Å². The Hall–Kier alpha value is -1.06. The zero-order valence-corrected chi connectivity index (χ0v) is 12.0. The molecular formula is C15H18ClNO2. The average molecular weight is 280 g/mol. The van der Waals surface area contributed by atoms with E-state index in [1.165, 1.54) is 0 Å². The Morgan fingerprint density at radius 1 is 1.42 bits per heavy atom. The molecule has 2 aliphatic rings. The highest BCUT2D eigenvalue weighted by atomic mass is 35.5. The Kier molecular flexibility index (Phi) is 3.27. The number of anilines is 1. The SMILES string of the molecule is CC1CCC(C(Cl)c2ccc3c(c2)CC(=O)N3C)O1. The second-order valence-corrected chi connectivity index (χ2v) is 5.95. The first kappa shape index (κ1) is 12.9. The fraction of sp³-hybridized carbons (Fsp3) is 0.533. The number of fused-ring (bicyclic) bond motifs is 1. The van der Waals surface area contributed by atoms with E-state index in [2.05, 4.69) is 13.0 Å². The maximum atomic E-state index is 11.7. The number of carbonyl (C=O) groups is 1. The second kappa shape index (κ2) is 4.80. The highest BCUT2D eigenvalue weighted by Crippen LogP contribution is 2.37. The van der Waals surface area contributed by atoms with Gasteiger partial charge in [-0.2, -0.15) is 0 Å². The molecule has 1 aromatic rings. The number of hydrogen-bond acceptors (Lipinski definition) is 2. The summed E-state index contributed by atoms with van der Waals surface area (Å²) in [7, 11) is 1.81.